The molecular formula is C17H26N4O. The molecule has 1 aromatic heterocycles. The summed E-state index contributed by atoms with van der Waals surface area (Å²) in [5, 5.41) is 7.67. The molecule has 0 aromatic carbocycles. The third-order valence-corrected chi connectivity index (χ3v) is 5.94. The Hall–Kier alpha value is -1.52. The molecule has 0 radical (unpaired) electrons. The van der Waals surface area contributed by atoms with Crippen LogP contribution in [0.1, 0.15) is 44.2 Å². The number of rotatable bonds is 4. The summed E-state index contributed by atoms with van der Waals surface area (Å²) in [6.07, 6.45) is 7.28. The van der Waals surface area contributed by atoms with Crippen LogP contribution in [0.2, 0.25) is 0 Å². The van der Waals surface area contributed by atoms with Crippen molar-refractivity contribution >= 4 is 17.4 Å². The summed E-state index contributed by atoms with van der Waals surface area (Å²) in [5.74, 6) is 3.57. The topological polar surface area (TPSA) is 50.2 Å². The number of nitrogens with one attached hydrogen (secondary N) is 1. The molecule has 3 unspecified atom stereocenters. The van der Waals surface area contributed by atoms with Crippen LogP contribution in [0, 0.1) is 24.7 Å². The van der Waals surface area contributed by atoms with Crippen LogP contribution in [0.5, 0.6) is 0 Å². The van der Waals surface area contributed by atoms with E-state index in [1.165, 1.54) is 32.1 Å². The number of aryl methyl sites for hydroxylation is 2. The molecule has 3 aliphatic rings. The first kappa shape index (κ1) is 14.1. The van der Waals surface area contributed by atoms with Gasteiger partial charge in [0.05, 0.1) is 5.69 Å². The van der Waals surface area contributed by atoms with Crippen LogP contribution in [0.25, 0.3) is 0 Å². The smallest absolute Gasteiger partial charge is 0.224 e. The van der Waals surface area contributed by atoms with Gasteiger partial charge in [0.25, 0.3) is 0 Å². The van der Waals surface area contributed by atoms with Gasteiger partial charge in [-0.05, 0) is 50.4 Å². The van der Waals surface area contributed by atoms with Crippen LogP contribution < -0.4 is 10.2 Å². The molecular weight excluding hydrogens is 276 g/mol. The van der Waals surface area contributed by atoms with Crippen molar-refractivity contribution in [2.45, 2.75) is 45.4 Å². The summed E-state index contributed by atoms with van der Waals surface area (Å²) >= 11 is 0. The second kappa shape index (κ2) is 5.28. The third-order valence-electron chi connectivity index (χ3n) is 5.94. The van der Waals surface area contributed by atoms with Crippen LogP contribution in [-0.2, 0) is 11.8 Å². The van der Waals surface area contributed by atoms with Crippen molar-refractivity contribution in [1.82, 2.24) is 9.78 Å². The lowest BCUT2D eigenvalue weighted by Gasteiger charge is -2.33. The number of hydrogen-bond acceptors (Lipinski definition) is 3. The molecule has 1 saturated heterocycles. The Bertz CT molecular complexity index is 590. The molecule has 3 fully saturated rings. The van der Waals surface area contributed by atoms with Crippen molar-refractivity contribution in [3.63, 3.8) is 0 Å². The fraction of sp³-hybridized carbons (Fsp3) is 0.765. The first-order valence-electron chi connectivity index (χ1n) is 8.70. The van der Waals surface area contributed by atoms with Gasteiger partial charge in [-0.2, -0.15) is 5.10 Å². The molecule has 5 nitrogen and oxygen atoms in total. The lowest BCUT2D eigenvalue weighted by Crippen LogP contribution is -2.39. The Kier molecular flexibility index (Phi) is 3.39. The number of carbonyl (C=O) groups is 1. The minimum Gasteiger partial charge on any atom is -0.355 e. The predicted octanol–water partition coefficient (Wildman–Crippen LogP) is 2.70. The molecule has 2 heterocycles. The lowest BCUT2D eigenvalue weighted by molar-refractivity contribution is -0.117. The Morgan fingerprint density at radius 2 is 2.14 bits per heavy atom. The van der Waals surface area contributed by atoms with Crippen LogP contribution >= 0.6 is 0 Å². The predicted molar refractivity (Wildman–Crippen MR) is 87.0 cm³/mol. The number of fused-ring (bicyclic) bond motifs is 2. The summed E-state index contributed by atoms with van der Waals surface area (Å²) in [6, 6.07) is 0. The first-order chi connectivity index (χ1) is 10.6. The minimum atomic E-state index is 0.176. The van der Waals surface area contributed by atoms with E-state index in [0.29, 0.717) is 12.3 Å². The average molecular weight is 302 g/mol. The van der Waals surface area contributed by atoms with Gasteiger partial charge in [-0.25, -0.2) is 0 Å². The summed E-state index contributed by atoms with van der Waals surface area (Å²) < 4.78 is 1.90. The standard InChI is InChI=1S/C17H26N4O/c1-11-16(17(20(2)19-11)21-6-3-7-21)18-15(22)10-14-9-12-4-5-13(14)8-12/h12-14H,3-10H2,1-2H3,(H,18,22). The summed E-state index contributed by atoms with van der Waals surface area (Å²) in [4.78, 5) is 14.8. The second-order valence-corrected chi connectivity index (χ2v) is 7.44. The summed E-state index contributed by atoms with van der Waals surface area (Å²) in [6.45, 7) is 4.11. The number of amides is 1. The molecule has 22 heavy (non-hydrogen) atoms. The fourth-order valence-corrected chi connectivity index (χ4v) is 4.74. The maximum absolute atomic E-state index is 12.5. The van der Waals surface area contributed by atoms with E-state index in [9.17, 15) is 4.79 Å². The molecule has 1 N–H and O–H groups in total. The molecule has 1 aliphatic heterocycles. The summed E-state index contributed by atoms with van der Waals surface area (Å²) in [7, 11) is 1.96. The zero-order chi connectivity index (χ0) is 15.3. The van der Waals surface area contributed by atoms with Gasteiger partial charge in [0, 0.05) is 26.6 Å². The molecule has 120 valence electrons. The molecule has 2 aliphatic carbocycles. The lowest BCUT2D eigenvalue weighted by atomic mass is 9.86. The van der Waals surface area contributed by atoms with Gasteiger partial charge in [-0.15, -0.1) is 0 Å². The molecule has 2 saturated carbocycles. The Morgan fingerprint density at radius 1 is 1.32 bits per heavy atom. The fourth-order valence-electron chi connectivity index (χ4n) is 4.74. The Morgan fingerprint density at radius 3 is 2.73 bits per heavy atom. The molecule has 2 bridgehead atoms. The Labute approximate surface area is 132 Å². The van der Waals surface area contributed by atoms with Gasteiger partial charge >= 0.3 is 0 Å². The normalized spacial score (nSPS) is 29.7. The van der Waals surface area contributed by atoms with Gasteiger partial charge < -0.3 is 10.2 Å². The highest BCUT2D eigenvalue weighted by molar-refractivity contribution is 5.94. The van der Waals surface area contributed by atoms with Crippen LogP contribution in [0.3, 0.4) is 0 Å². The van der Waals surface area contributed by atoms with Gasteiger partial charge in [-0.3, -0.25) is 9.48 Å². The summed E-state index contributed by atoms with van der Waals surface area (Å²) in [5.41, 5.74) is 1.85. The number of aromatic nitrogens is 2. The van der Waals surface area contributed by atoms with E-state index in [1.807, 2.05) is 18.7 Å². The zero-order valence-corrected chi connectivity index (χ0v) is 13.6. The van der Waals surface area contributed by atoms with Crippen molar-refractivity contribution in [3.8, 4) is 0 Å². The van der Waals surface area contributed by atoms with Crippen molar-refractivity contribution in [1.29, 1.82) is 0 Å². The van der Waals surface area contributed by atoms with E-state index in [1.54, 1.807) is 0 Å². The molecule has 1 aromatic rings. The average Bonchev–Trinajstić information content (AvgIpc) is 3.07. The van der Waals surface area contributed by atoms with Gasteiger partial charge in [0.2, 0.25) is 5.91 Å². The van der Waals surface area contributed by atoms with E-state index in [-0.39, 0.29) is 5.91 Å². The van der Waals surface area contributed by atoms with Crippen LogP contribution in [0.15, 0.2) is 0 Å². The number of nitrogens with zero attached hydrogens (tertiary/aromatic N) is 3. The van der Waals surface area contributed by atoms with E-state index < -0.39 is 0 Å². The van der Waals surface area contributed by atoms with Gasteiger partial charge in [0.1, 0.15) is 5.69 Å². The number of anilines is 2. The van der Waals surface area contributed by atoms with Crippen molar-refractivity contribution < 1.29 is 4.79 Å². The van der Waals surface area contributed by atoms with Crippen molar-refractivity contribution in [3.05, 3.63) is 5.69 Å². The first-order valence-corrected chi connectivity index (χ1v) is 8.70. The quantitative estimate of drug-likeness (QED) is 0.930. The van der Waals surface area contributed by atoms with E-state index in [0.717, 1.165) is 42.1 Å². The molecule has 4 rings (SSSR count). The monoisotopic (exact) mass is 302 g/mol. The van der Waals surface area contributed by atoms with Crippen LogP contribution in [0.4, 0.5) is 11.5 Å². The molecule has 0 spiro atoms. The second-order valence-electron chi connectivity index (χ2n) is 7.44. The van der Waals surface area contributed by atoms with Crippen LogP contribution in [-0.4, -0.2) is 28.8 Å². The SMILES string of the molecule is Cc1nn(C)c(N2CCC2)c1NC(=O)CC1CC2CCC1C2. The maximum atomic E-state index is 12.5. The van der Waals surface area contributed by atoms with Crippen molar-refractivity contribution in [2.24, 2.45) is 24.8 Å². The van der Waals surface area contributed by atoms with E-state index >= 15 is 0 Å². The highest BCUT2D eigenvalue weighted by Crippen LogP contribution is 2.49. The molecule has 5 heteroatoms. The van der Waals surface area contributed by atoms with Gasteiger partial charge in [0.15, 0.2) is 5.82 Å². The Balaban J connectivity index is 1.45. The highest BCUT2D eigenvalue weighted by atomic mass is 16.1. The largest absolute Gasteiger partial charge is 0.355 e. The highest BCUT2D eigenvalue weighted by Gasteiger charge is 2.40. The molecule has 1 amide bonds. The third kappa shape index (κ3) is 2.31. The van der Waals surface area contributed by atoms with E-state index in [2.05, 4.69) is 15.3 Å². The van der Waals surface area contributed by atoms with E-state index in [4.69, 9.17) is 0 Å². The number of carbonyl (C=O) groups excluding carboxylic acids is 1. The number of hydrogen-bond donors (Lipinski definition) is 1. The zero-order valence-electron chi connectivity index (χ0n) is 13.6. The van der Waals surface area contributed by atoms with Gasteiger partial charge in [-0.1, -0.05) is 6.42 Å². The maximum Gasteiger partial charge on any atom is 0.224 e. The minimum absolute atomic E-state index is 0.176. The van der Waals surface area contributed by atoms with Crippen molar-refractivity contribution in [2.75, 3.05) is 23.3 Å². The molecule has 3 atom stereocenters.